The van der Waals surface area contributed by atoms with Crippen LogP contribution < -0.4 is 5.06 Å². The minimum Gasteiger partial charge on any atom is -0.391 e. The molecule has 1 saturated heterocycles. The van der Waals surface area contributed by atoms with E-state index in [9.17, 15) is 10.3 Å². The van der Waals surface area contributed by atoms with E-state index >= 15 is 0 Å². The first-order valence-corrected chi connectivity index (χ1v) is 9.38. The van der Waals surface area contributed by atoms with E-state index in [1.807, 2.05) is 6.92 Å². The first kappa shape index (κ1) is 25.1. The number of rotatable bonds is 4. The van der Waals surface area contributed by atoms with Crippen LogP contribution in [0.3, 0.4) is 0 Å². The summed E-state index contributed by atoms with van der Waals surface area (Å²) in [5, 5.41) is 20.3. The predicted octanol–water partition coefficient (Wildman–Crippen LogP) is 3.60. The molecule has 0 bridgehead atoms. The number of quaternary nitrogens is 1. The molecule has 1 rings (SSSR count). The van der Waals surface area contributed by atoms with E-state index in [2.05, 4.69) is 55.4 Å². The molecule has 0 radical (unpaired) electrons. The number of hydrogen-bond acceptors (Lipinski definition) is 3. The van der Waals surface area contributed by atoms with Gasteiger partial charge in [0.25, 0.3) is 0 Å². The van der Waals surface area contributed by atoms with Gasteiger partial charge in [-0.25, -0.2) is 5.21 Å². The van der Waals surface area contributed by atoms with Crippen LogP contribution in [0.1, 0.15) is 94.4 Å². The van der Waals surface area contributed by atoms with Crippen molar-refractivity contribution < 1.29 is 20.1 Å². The highest BCUT2D eigenvalue weighted by atomic mass is 16.5. The van der Waals surface area contributed by atoms with E-state index in [1.165, 1.54) is 12.8 Å². The summed E-state index contributed by atoms with van der Waals surface area (Å²) in [6, 6.07) is 0. The van der Waals surface area contributed by atoms with E-state index in [4.69, 9.17) is 4.74 Å². The molecule has 0 aromatic rings. The number of aliphatic hydroxyl groups excluding tert-OH is 1. The van der Waals surface area contributed by atoms with Gasteiger partial charge in [-0.2, -0.15) is 5.06 Å². The molecule has 1 aliphatic heterocycles. The number of hydrogen-bond donors (Lipinski definition) is 3. The molecule has 4 nitrogen and oxygen atoms in total. The van der Waals surface area contributed by atoms with Crippen molar-refractivity contribution in [2.24, 2.45) is 0 Å². The van der Waals surface area contributed by atoms with Crippen LogP contribution >= 0.6 is 0 Å². The van der Waals surface area contributed by atoms with Gasteiger partial charge in [0.2, 0.25) is 0 Å². The fourth-order valence-electron chi connectivity index (χ4n) is 2.80. The van der Waals surface area contributed by atoms with Crippen LogP contribution in [0.25, 0.3) is 0 Å². The largest absolute Gasteiger partial charge is 0.391 e. The second-order valence-electron chi connectivity index (χ2n) is 7.96. The Balaban J connectivity index is 0. The second kappa shape index (κ2) is 12.2. The predicted molar refractivity (Wildman–Crippen MR) is 98.1 cm³/mol. The van der Waals surface area contributed by atoms with Gasteiger partial charge in [-0.1, -0.05) is 47.5 Å². The molecule has 1 heterocycles. The zero-order valence-electron chi connectivity index (χ0n) is 17.2. The molecular formula is C19H44NO3+. The summed E-state index contributed by atoms with van der Waals surface area (Å²) >= 11 is 0. The van der Waals surface area contributed by atoms with E-state index in [0.717, 1.165) is 19.3 Å². The topological polar surface area (TPSA) is 54.1 Å². The fraction of sp³-hybridized carbons (Fsp3) is 1.00. The average Bonchev–Trinajstić information content (AvgIpc) is 2.43. The van der Waals surface area contributed by atoms with Crippen LogP contribution in [0.5, 0.6) is 0 Å². The lowest BCUT2D eigenvalue weighted by atomic mass is 9.80. The number of piperidine rings is 1. The lowest BCUT2D eigenvalue weighted by Gasteiger charge is -2.47. The maximum Gasteiger partial charge on any atom is 0.124 e. The van der Waals surface area contributed by atoms with Gasteiger partial charge in [-0.3, -0.25) is 0 Å². The third kappa shape index (κ3) is 10.3. The van der Waals surface area contributed by atoms with Crippen LogP contribution in [-0.2, 0) is 4.74 Å². The maximum atomic E-state index is 10.2. The van der Waals surface area contributed by atoms with Gasteiger partial charge in [0.05, 0.1) is 18.8 Å². The van der Waals surface area contributed by atoms with E-state index in [-0.39, 0.29) is 23.3 Å². The SMILES string of the molecule is CCC.CCC.CCC(O)COC1CC(C)(C)[NH+](O)C(C)(C)C1. The highest BCUT2D eigenvalue weighted by Gasteiger charge is 2.49. The van der Waals surface area contributed by atoms with Crippen LogP contribution in [-0.4, -0.2) is 40.2 Å². The summed E-state index contributed by atoms with van der Waals surface area (Å²) in [5.41, 5.74) is -0.410. The Morgan fingerprint density at radius 2 is 1.30 bits per heavy atom. The molecule has 4 heteroatoms. The molecule has 1 fully saturated rings. The highest BCUT2D eigenvalue weighted by Crippen LogP contribution is 2.25. The van der Waals surface area contributed by atoms with Crippen molar-refractivity contribution in [3.05, 3.63) is 0 Å². The van der Waals surface area contributed by atoms with Crippen LogP contribution in [0, 0.1) is 0 Å². The number of ether oxygens (including phenoxy) is 1. The van der Waals surface area contributed by atoms with Crippen molar-refractivity contribution in [3.63, 3.8) is 0 Å². The Hall–Kier alpha value is -0.160. The number of nitrogens with one attached hydrogen (secondary N) is 1. The maximum absolute atomic E-state index is 10.2. The lowest BCUT2D eigenvalue weighted by molar-refractivity contribution is -1.16. The molecule has 23 heavy (non-hydrogen) atoms. The Morgan fingerprint density at radius 1 is 0.957 bits per heavy atom. The van der Waals surface area contributed by atoms with Gasteiger partial charge in [-0.05, 0) is 34.1 Å². The molecule has 142 valence electrons. The number of aliphatic hydroxyl groups is 1. The van der Waals surface area contributed by atoms with Crippen LogP contribution in [0.2, 0.25) is 0 Å². The third-order valence-electron chi connectivity index (χ3n) is 3.75. The van der Waals surface area contributed by atoms with Gasteiger partial charge in [0, 0.05) is 12.8 Å². The molecule has 0 spiro atoms. The van der Waals surface area contributed by atoms with E-state index in [1.54, 1.807) is 0 Å². The van der Waals surface area contributed by atoms with Crippen molar-refractivity contribution in [2.45, 2.75) is 118 Å². The van der Waals surface area contributed by atoms with Gasteiger partial charge < -0.3 is 9.84 Å². The molecule has 3 N–H and O–H groups in total. The fourth-order valence-corrected chi connectivity index (χ4v) is 2.80. The van der Waals surface area contributed by atoms with Crippen LogP contribution in [0.15, 0.2) is 0 Å². The van der Waals surface area contributed by atoms with Crippen molar-refractivity contribution in [1.29, 1.82) is 0 Å². The molecule has 0 saturated carbocycles. The lowest BCUT2D eigenvalue weighted by Crippen LogP contribution is -3.25. The van der Waals surface area contributed by atoms with Crippen molar-refractivity contribution >= 4 is 0 Å². The first-order valence-electron chi connectivity index (χ1n) is 9.38. The zero-order chi connectivity index (χ0) is 18.7. The van der Waals surface area contributed by atoms with Crippen molar-refractivity contribution in [3.8, 4) is 0 Å². The first-order chi connectivity index (χ1) is 10.5. The minimum atomic E-state index is -0.374. The smallest absolute Gasteiger partial charge is 0.124 e. The summed E-state index contributed by atoms with van der Waals surface area (Å²) in [4.78, 5) is 0. The Labute approximate surface area is 145 Å². The van der Waals surface area contributed by atoms with Gasteiger partial charge in [0.15, 0.2) is 0 Å². The summed E-state index contributed by atoms with van der Waals surface area (Å²) in [7, 11) is 0. The van der Waals surface area contributed by atoms with Crippen molar-refractivity contribution in [2.75, 3.05) is 6.61 Å². The Morgan fingerprint density at radius 3 is 1.61 bits per heavy atom. The van der Waals surface area contributed by atoms with E-state index in [0.29, 0.717) is 11.7 Å². The summed E-state index contributed by atoms with van der Waals surface area (Å²) in [5.74, 6) is 0. The number of hydroxylamine groups is 2. The summed E-state index contributed by atoms with van der Waals surface area (Å²) < 4.78 is 5.78. The highest BCUT2D eigenvalue weighted by molar-refractivity contribution is 4.85. The molecule has 0 aromatic heterocycles. The molecular weight excluding hydrogens is 290 g/mol. The monoisotopic (exact) mass is 334 g/mol. The molecule has 0 aromatic carbocycles. The molecule has 0 aliphatic carbocycles. The van der Waals surface area contributed by atoms with Crippen LogP contribution in [0.4, 0.5) is 0 Å². The van der Waals surface area contributed by atoms with Gasteiger partial charge in [0.1, 0.15) is 11.1 Å². The normalized spacial score (nSPS) is 26.2. The minimum absolute atomic E-state index is 0.122. The Kier molecular flexibility index (Phi) is 13.3. The quantitative estimate of drug-likeness (QED) is 0.736. The molecule has 1 atom stereocenters. The standard InChI is InChI=1S/C13H27NO3.2C3H8/c1-6-10(15)9-17-11-7-12(2,3)14(16)13(4,5)8-11;2*1-3-2/h10-11,15-16H,6-9H2,1-5H3;2*3H2,1-2H3/p+1. The third-order valence-corrected chi connectivity index (χ3v) is 3.75. The Bertz CT molecular complexity index is 260. The van der Waals surface area contributed by atoms with Crippen molar-refractivity contribution in [1.82, 2.24) is 0 Å². The molecule has 1 aliphatic rings. The summed E-state index contributed by atoms with van der Waals surface area (Å²) in [6.45, 7) is 19.0. The molecule has 0 amide bonds. The average molecular weight is 335 g/mol. The molecule has 1 unspecified atom stereocenters. The second-order valence-corrected chi connectivity index (χ2v) is 7.96. The summed E-state index contributed by atoms with van der Waals surface area (Å²) in [6.07, 6.45) is 4.60. The van der Waals surface area contributed by atoms with Gasteiger partial charge >= 0.3 is 0 Å². The van der Waals surface area contributed by atoms with Gasteiger partial charge in [-0.15, -0.1) is 0 Å². The zero-order valence-corrected chi connectivity index (χ0v) is 17.2. The van der Waals surface area contributed by atoms with E-state index < -0.39 is 0 Å².